The Morgan fingerprint density at radius 1 is 0.950 bits per heavy atom. The van der Waals surface area contributed by atoms with Crippen molar-refractivity contribution in [2.75, 3.05) is 5.32 Å². The lowest BCUT2D eigenvalue weighted by atomic mass is 10.2. The van der Waals surface area contributed by atoms with E-state index in [1.54, 1.807) is 12.1 Å². The van der Waals surface area contributed by atoms with Crippen molar-refractivity contribution in [3.05, 3.63) is 65.7 Å². The zero-order chi connectivity index (χ0) is 14.4. The number of urea groups is 1. The van der Waals surface area contributed by atoms with Gasteiger partial charge in [-0.15, -0.1) is 0 Å². The Morgan fingerprint density at radius 3 is 2.20 bits per heavy atom. The van der Waals surface area contributed by atoms with Crippen molar-refractivity contribution in [1.82, 2.24) is 5.32 Å². The zero-order valence-corrected chi connectivity index (χ0v) is 10.7. The van der Waals surface area contributed by atoms with Gasteiger partial charge in [-0.05, 0) is 29.8 Å². The number of carboxylic acids is 1. The van der Waals surface area contributed by atoms with Crippen LogP contribution in [-0.2, 0) is 6.54 Å². The average Bonchev–Trinajstić information content (AvgIpc) is 2.47. The number of anilines is 1. The van der Waals surface area contributed by atoms with Gasteiger partial charge >= 0.3 is 12.0 Å². The fraction of sp³-hybridized carbons (Fsp3) is 0.0667. The second kappa shape index (κ2) is 6.38. The first kappa shape index (κ1) is 13.6. The summed E-state index contributed by atoms with van der Waals surface area (Å²) in [6.07, 6.45) is 0. The van der Waals surface area contributed by atoms with Crippen LogP contribution < -0.4 is 10.6 Å². The number of carboxylic acid groups (broad SMARTS) is 1. The Hall–Kier alpha value is -2.82. The van der Waals surface area contributed by atoms with Crippen LogP contribution >= 0.6 is 0 Å². The van der Waals surface area contributed by atoms with E-state index >= 15 is 0 Å². The highest BCUT2D eigenvalue weighted by Gasteiger charge is 2.04. The lowest BCUT2D eigenvalue weighted by Gasteiger charge is -2.07. The first-order chi connectivity index (χ1) is 9.65. The Bertz CT molecular complexity index is 594. The van der Waals surface area contributed by atoms with Crippen LogP contribution in [0.5, 0.6) is 0 Å². The number of hydrogen-bond donors (Lipinski definition) is 3. The van der Waals surface area contributed by atoms with E-state index < -0.39 is 5.97 Å². The fourth-order valence-corrected chi connectivity index (χ4v) is 1.65. The third-order valence-electron chi connectivity index (χ3n) is 2.69. The molecule has 0 heterocycles. The lowest BCUT2D eigenvalue weighted by molar-refractivity contribution is 0.0697. The molecule has 20 heavy (non-hydrogen) atoms. The van der Waals surface area contributed by atoms with Crippen molar-refractivity contribution in [1.29, 1.82) is 0 Å². The van der Waals surface area contributed by atoms with Gasteiger partial charge in [-0.3, -0.25) is 0 Å². The third kappa shape index (κ3) is 3.84. The highest BCUT2D eigenvalue weighted by molar-refractivity contribution is 5.91. The van der Waals surface area contributed by atoms with E-state index in [2.05, 4.69) is 10.6 Å². The van der Waals surface area contributed by atoms with E-state index in [0.717, 1.165) is 5.56 Å². The number of rotatable bonds is 4. The number of carbonyl (C=O) groups excluding carboxylic acids is 1. The molecular weight excluding hydrogens is 256 g/mol. The second-order valence-corrected chi connectivity index (χ2v) is 4.18. The van der Waals surface area contributed by atoms with Crippen LogP contribution in [0.1, 0.15) is 15.9 Å². The molecule has 0 aliphatic carbocycles. The zero-order valence-electron chi connectivity index (χ0n) is 10.7. The van der Waals surface area contributed by atoms with Crippen molar-refractivity contribution in [3.63, 3.8) is 0 Å². The number of amides is 2. The first-order valence-corrected chi connectivity index (χ1v) is 6.07. The van der Waals surface area contributed by atoms with E-state index in [1.807, 2.05) is 30.3 Å². The monoisotopic (exact) mass is 270 g/mol. The highest BCUT2D eigenvalue weighted by atomic mass is 16.4. The van der Waals surface area contributed by atoms with Gasteiger partial charge in [0.1, 0.15) is 0 Å². The predicted octanol–water partition coefficient (Wildman–Crippen LogP) is 2.71. The molecule has 0 spiro atoms. The van der Waals surface area contributed by atoms with Crippen molar-refractivity contribution in [2.24, 2.45) is 0 Å². The molecule has 2 rings (SSSR count). The fourth-order valence-electron chi connectivity index (χ4n) is 1.65. The molecule has 5 heteroatoms. The molecule has 3 N–H and O–H groups in total. The van der Waals surface area contributed by atoms with Crippen LogP contribution in [0, 0.1) is 0 Å². The van der Waals surface area contributed by atoms with E-state index in [1.165, 1.54) is 12.1 Å². The minimum absolute atomic E-state index is 0.181. The maximum absolute atomic E-state index is 11.7. The molecule has 5 nitrogen and oxygen atoms in total. The van der Waals surface area contributed by atoms with Crippen LogP contribution in [-0.4, -0.2) is 17.1 Å². The summed E-state index contributed by atoms with van der Waals surface area (Å²) >= 11 is 0. The summed E-state index contributed by atoms with van der Waals surface area (Å²) in [7, 11) is 0. The molecule has 0 atom stereocenters. The van der Waals surface area contributed by atoms with E-state index in [-0.39, 0.29) is 11.6 Å². The summed E-state index contributed by atoms with van der Waals surface area (Å²) in [5.74, 6) is -0.995. The van der Waals surface area contributed by atoms with Crippen LogP contribution in [0.15, 0.2) is 54.6 Å². The summed E-state index contributed by atoms with van der Waals surface area (Å²) in [6, 6.07) is 15.2. The molecule has 2 amide bonds. The van der Waals surface area contributed by atoms with Gasteiger partial charge in [0.15, 0.2) is 0 Å². The van der Waals surface area contributed by atoms with E-state index in [9.17, 15) is 9.59 Å². The topological polar surface area (TPSA) is 78.4 Å². The Morgan fingerprint density at radius 2 is 1.60 bits per heavy atom. The van der Waals surface area contributed by atoms with Gasteiger partial charge in [0, 0.05) is 12.2 Å². The molecule has 2 aromatic carbocycles. The molecule has 0 saturated heterocycles. The lowest BCUT2D eigenvalue weighted by Crippen LogP contribution is -2.28. The Kier molecular flexibility index (Phi) is 4.34. The van der Waals surface area contributed by atoms with Gasteiger partial charge in [0.25, 0.3) is 0 Å². The first-order valence-electron chi connectivity index (χ1n) is 6.07. The highest BCUT2D eigenvalue weighted by Crippen LogP contribution is 2.09. The maximum Gasteiger partial charge on any atom is 0.335 e. The average molecular weight is 270 g/mol. The second-order valence-electron chi connectivity index (χ2n) is 4.18. The molecule has 0 bridgehead atoms. The number of hydrogen-bond acceptors (Lipinski definition) is 2. The molecular formula is C15H14N2O3. The summed E-state index contributed by atoms with van der Waals surface area (Å²) in [5.41, 5.74) is 1.73. The predicted molar refractivity (Wildman–Crippen MR) is 75.7 cm³/mol. The summed E-state index contributed by atoms with van der Waals surface area (Å²) in [6.45, 7) is 0.430. The molecule has 0 fully saturated rings. The largest absolute Gasteiger partial charge is 0.478 e. The number of nitrogens with one attached hydrogen (secondary N) is 2. The van der Waals surface area contributed by atoms with E-state index in [0.29, 0.717) is 12.2 Å². The minimum Gasteiger partial charge on any atom is -0.478 e. The number of carbonyl (C=O) groups is 2. The summed E-state index contributed by atoms with van der Waals surface area (Å²) in [5, 5.41) is 14.1. The maximum atomic E-state index is 11.7. The van der Waals surface area contributed by atoms with Crippen molar-refractivity contribution >= 4 is 17.7 Å². The molecule has 0 saturated carbocycles. The van der Waals surface area contributed by atoms with Gasteiger partial charge in [-0.2, -0.15) is 0 Å². The Balaban J connectivity index is 1.86. The molecule has 0 unspecified atom stereocenters. The van der Waals surface area contributed by atoms with Crippen LogP contribution in [0.4, 0.5) is 10.5 Å². The smallest absolute Gasteiger partial charge is 0.335 e. The number of aromatic carboxylic acids is 1. The number of benzene rings is 2. The van der Waals surface area contributed by atoms with Gasteiger partial charge in [0.2, 0.25) is 0 Å². The van der Waals surface area contributed by atoms with Gasteiger partial charge < -0.3 is 15.7 Å². The van der Waals surface area contributed by atoms with Crippen LogP contribution in [0.3, 0.4) is 0 Å². The molecule has 0 aliphatic rings. The summed E-state index contributed by atoms with van der Waals surface area (Å²) < 4.78 is 0. The van der Waals surface area contributed by atoms with Crippen molar-refractivity contribution in [2.45, 2.75) is 6.54 Å². The van der Waals surface area contributed by atoms with Crippen molar-refractivity contribution < 1.29 is 14.7 Å². The van der Waals surface area contributed by atoms with E-state index in [4.69, 9.17) is 5.11 Å². The van der Waals surface area contributed by atoms with Crippen molar-refractivity contribution in [3.8, 4) is 0 Å². The molecule has 0 aliphatic heterocycles. The molecule has 102 valence electrons. The van der Waals surface area contributed by atoms with Gasteiger partial charge in [-0.1, -0.05) is 30.3 Å². The third-order valence-corrected chi connectivity index (χ3v) is 2.69. The van der Waals surface area contributed by atoms with Crippen LogP contribution in [0.25, 0.3) is 0 Å². The quantitative estimate of drug-likeness (QED) is 0.799. The van der Waals surface area contributed by atoms with Gasteiger partial charge in [0.05, 0.1) is 5.56 Å². The van der Waals surface area contributed by atoms with Gasteiger partial charge in [-0.25, -0.2) is 9.59 Å². The molecule has 0 radical (unpaired) electrons. The SMILES string of the molecule is O=C(NCc1ccccc1)Nc1ccc(C(=O)O)cc1. The molecule has 0 aromatic heterocycles. The van der Waals surface area contributed by atoms with Crippen LogP contribution in [0.2, 0.25) is 0 Å². The minimum atomic E-state index is -0.995. The normalized spacial score (nSPS) is 9.80. The molecule has 2 aromatic rings. The summed E-state index contributed by atoms with van der Waals surface area (Å²) in [4.78, 5) is 22.4. The standard InChI is InChI=1S/C15H14N2O3/c18-14(19)12-6-8-13(9-7-12)17-15(20)16-10-11-4-2-1-3-5-11/h1-9H,10H2,(H,18,19)(H2,16,17,20). The Labute approximate surface area is 116 Å².